The Labute approximate surface area is 181 Å². The molecule has 0 bridgehead atoms. The molecule has 0 fully saturated rings. The average Bonchev–Trinajstić information content (AvgIpc) is 3.13. The molecular weight excluding hydrogens is 457 g/mol. The van der Waals surface area contributed by atoms with Crippen molar-refractivity contribution in [3.05, 3.63) is 60.2 Å². The number of imidazole rings is 2. The van der Waals surface area contributed by atoms with Crippen LogP contribution < -0.4 is 0 Å². The van der Waals surface area contributed by atoms with Crippen molar-refractivity contribution in [1.82, 2.24) is 24.0 Å². The van der Waals surface area contributed by atoms with Gasteiger partial charge in [0.2, 0.25) is 0 Å². The van der Waals surface area contributed by atoms with Crippen LogP contribution >= 0.6 is 30.1 Å². The summed E-state index contributed by atoms with van der Waals surface area (Å²) >= 11 is -1.62. The summed E-state index contributed by atoms with van der Waals surface area (Å²) in [5.74, 6) is 2.13. The van der Waals surface area contributed by atoms with E-state index < -0.39 is 11.4 Å². The standard InChI is InChI=1S/C19H21N5.3ClH.Cr/c1-22(12-18-20-14-8-4-6-10-16(14)23(18)2)13-19-21-15-9-5-7-11-17(15)24(19)3;;;;/h4-11H,12-13H2,1-3H3;3*1H;/q;;;;+3/p-3. The van der Waals surface area contributed by atoms with Crippen molar-refractivity contribution in [3.63, 3.8) is 0 Å². The van der Waals surface area contributed by atoms with Crippen molar-refractivity contribution in [2.24, 2.45) is 14.1 Å². The summed E-state index contributed by atoms with van der Waals surface area (Å²) in [6, 6.07) is 16.5. The number of halogens is 3. The number of fused-ring (bicyclic) bond motifs is 2. The van der Waals surface area contributed by atoms with Crippen molar-refractivity contribution >= 4 is 52.2 Å². The average molecular weight is 478 g/mol. The molecule has 0 amide bonds. The molecule has 0 atom stereocenters. The molecule has 5 nitrogen and oxygen atoms in total. The van der Waals surface area contributed by atoms with Crippen LogP contribution in [0.15, 0.2) is 48.5 Å². The Kier molecular flexibility index (Phi) is 7.27. The fourth-order valence-corrected chi connectivity index (χ4v) is 3.21. The summed E-state index contributed by atoms with van der Waals surface area (Å²) < 4.78 is 4.33. The van der Waals surface area contributed by atoms with E-state index in [-0.39, 0.29) is 0 Å². The molecule has 0 saturated carbocycles. The van der Waals surface area contributed by atoms with Gasteiger partial charge in [0.15, 0.2) is 0 Å². The van der Waals surface area contributed by atoms with Gasteiger partial charge in [0, 0.05) is 14.1 Å². The van der Waals surface area contributed by atoms with Gasteiger partial charge in [0.05, 0.1) is 35.2 Å². The summed E-state index contributed by atoms with van der Waals surface area (Å²) in [5, 5.41) is 0. The molecule has 0 spiro atoms. The fraction of sp³-hybridized carbons (Fsp3) is 0.263. The molecule has 0 aliphatic carbocycles. The maximum absolute atomic E-state index is 4.93. The first kappa shape index (κ1) is 21.5. The van der Waals surface area contributed by atoms with Crippen molar-refractivity contribution in [1.29, 1.82) is 0 Å². The summed E-state index contributed by atoms with van der Waals surface area (Å²) in [6.07, 6.45) is 0. The van der Waals surface area contributed by atoms with Gasteiger partial charge in [0.25, 0.3) is 0 Å². The molecule has 4 rings (SSSR count). The van der Waals surface area contributed by atoms with E-state index in [0.29, 0.717) is 0 Å². The summed E-state index contributed by atoms with van der Waals surface area (Å²) in [5.41, 5.74) is 4.43. The topological polar surface area (TPSA) is 38.9 Å². The van der Waals surface area contributed by atoms with E-state index in [1.165, 1.54) is 11.0 Å². The van der Waals surface area contributed by atoms with Gasteiger partial charge in [-0.2, -0.15) is 0 Å². The molecule has 2 heterocycles. The number of hydrogen-bond acceptors (Lipinski definition) is 3. The van der Waals surface area contributed by atoms with Gasteiger partial charge in [-0.15, -0.1) is 0 Å². The van der Waals surface area contributed by atoms with Crippen molar-refractivity contribution in [2.75, 3.05) is 7.05 Å². The third kappa shape index (κ3) is 5.01. The van der Waals surface area contributed by atoms with Crippen LogP contribution in [0.4, 0.5) is 0 Å². The van der Waals surface area contributed by atoms with E-state index >= 15 is 0 Å². The van der Waals surface area contributed by atoms with Gasteiger partial charge in [-0.05, 0) is 31.3 Å². The predicted molar refractivity (Wildman–Crippen MR) is 114 cm³/mol. The van der Waals surface area contributed by atoms with E-state index in [1.54, 1.807) is 0 Å². The second-order valence-corrected chi connectivity index (χ2v) is 12.8. The number of nitrogens with zero attached hydrogens (tertiary/aromatic N) is 5. The minimum absolute atomic E-state index is 0.786. The van der Waals surface area contributed by atoms with Crippen LogP contribution in [0.2, 0.25) is 0 Å². The number of benzene rings is 2. The summed E-state index contributed by atoms with van der Waals surface area (Å²) in [7, 11) is 21.1. The van der Waals surface area contributed by atoms with Crippen LogP contribution in [-0.4, -0.2) is 31.0 Å². The molecule has 0 N–H and O–H groups in total. The second kappa shape index (κ2) is 9.49. The van der Waals surface area contributed by atoms with Gasteiger partial charge >= 0.3 is 41.5 Å². The van der Waals surface area contributed by atoms with Crippen LogP contribution in [0.1, 0.15) is 11.6 Å². The van der Waals surface area contributed by atoms with Crippen LogP contribution in [-0.2, 0) is 38.6 Å². The first-order valence-corrected chi connectivity index (χ1v) is 13.9. The molecule has 0 aliphatic rings. The van der Waals surface area contributed by atoms with Crippen LogP contribution in [0, 0.1) is 0 Å². The van der Waals surface area contributed by atoms with Crippen molar-refractivity contribution < 1.29 is 11.4 Å². The molecule has 0 radical (unpaired) electrons. The van der Waals surface area contributed by atoms with E-state index in [4.69, 9.17) is 40.1 Å². The zero-order valence-electron chi connectivity index (χ0n) is 15.8. The summed E-state index contributed by atoms with van der Waals surface area (Å²) in [4.78, 5) is 11.8. The predicted octanol–water partition coefficient (Wildman–Crippen LogP) is 5.16. The van der Waals surface area contributed by atoms with Gasteiger partial charge < -0.3 is 9.13 Å². The quantitative estimate of drug-likeness (QED) is 0.408. The molecule has 2 aromatic carbocycles. The van der Waals surface area contributed by atoms with Gasteiger partial charge in [0.1, 0.15) is 11.6 Å². The molecular formula is C19H21Cl3CrN5. The number of para-hydroxylation sites is 4. The van der Waals surface area contributed by atoms with E-state index in [9.17, 15) is 0 Å². The molecule has 0 aliphatic heterocycles. The van der Waals surface area contributed by atoms with Gasteiger partial charge in [-0.25, -0.2) is 9.97 Å². The van der Waals surface area contributed by atoms with Crippen molar-refractivity contribution in [2.45, 2.75) is 13.1 Å². The van der Waals surface area contributed by atoms with E-state index in [0.717, 1.165) is 35.8 Å². The number of aryl methyl sites for hydroxylation is 2. The fourth-order valence-electron chi connectivity index (χ4n) is 3.21. The van der Waals surface area contributed by atoms with Gasteiger partial charge in [-0.1, -0.05) is 24.3 Å². The first-order chi connectivity index (χ1) is 13.4. The molecule has 4 aromatic rings. The Bertz CT molecular complexity index is 991. The zero-order chi connectivity index (χ0) is 20.3. The first-order valence-electron chi connectivity index (χ1n) is 8.59. The second-order valence-electron chi connectivity index (χ2n) is 6.50. The number of rotatable bonds is 4. The monoisotopic (exact) mass is 476 g/mol. The maximum atomic E-state index is 4.93. The molecule has 149 valence electrons. The van der Waals surface area contributed by atoms with Crippen LogP contribution in [0.25, 0.3) is 22.1 Å². The Morgan fingerprint density at radius 2 is 1.14 bits per heavy atom. The Hall–Kier alpha value is -1.26. The molecule has 0 saturated heterocycles. The SMILES string of the molecule is CN(Cc1nc2ccccc2n1C)Cc1nc2ccccc2n1C.[Cl][Cr]([Cl])[Cl]. The molecule has 9 heteroatoms. The normalized spacial score (nSPS) is 11.4. The number of hydrogen-bond donors (Lipinski definition) is 0. The summed E-state index contributed by atoms with van der Waals surface area (Å²) in [6.45, 7) is 1.57. The Morgan fingerprint density at radius 3 is 1.50 bits per heavy atom. The zero-order valence-corrected chi connectivity index (χ0v) is 19.4. The Balaban J connectivity index is 0.000000516. The molecule has 2 aromatic heterocycles. The third-order valence-corrected chi connectivity index (χ3v) is 4.58. The molecule has 0 unspecified atom stereocenters. The van der Waals surface area contributed by atoms with E-state index in [2.05, 4.69) is 71.6 Å². The van der Waals surface area contributed by atoms with Crippen LogP contribution in [0.3, 0.4) is 0 Å². The molecule has 28 heavy (non-hydrogen) atoms. The Morgan fingerprint density at radius 1 is 0.786 bits per heavy atom. The van der Waals surface area contributed by atoms with Gasteiger partial charge in [-0.3, -0.25) is 4.90 Å². The van der Waals surface area contributed by atoms with E-state index in [1.807, 2.05) is 12.1 Å². The van der Waals surface area contributed by atoms with Crippen LogP contribution in [0.5, 0.6) is 0 Å². The minimum atomic E-state index is -1.62. The van der Waals surface area contributed by atoms with Crippen molar-refractivity contribution in [3.8, 4) is 0 Å². The number of aromatic nitrogens is 4. The third-order valence-electron chi connectivity index (χ3n) is 4.58.